The molecule has 0 saturated heterocycles. The van der Waals surface area contributed by atoms with Gasteiger partial charge in [0.2, 0.25) is 0 Å². The molecule has 1 aliphatic carbocycles. The largest absolute Gasteiger partial charge is 0.459 e. The summed E-state index contributed by atoms with van der Waals surface area (Å²) in [7, 11) is 1.70. The van der Waals surface area contributed by atoms with E-state index in [4.69, 9.17) is 15.2 Å². The van der Waals surface area contributed by atoms with Crippen molar-refractivity contribution < 1.29 is 14.3 Å². The van der Waals surface area contributed by atoms with Crippen LogP contribution < -0.4 is 5.73 Å². The summed E-state index contributed by atoms with van der Waals surface area (Å²) in [6.45, 7) is 1.77. The predicted octanol–water partition coefficient (Wildman–Crippen LogP) is 2.09. The van der Waals surface area contributed by atoms with E-state index in [-0.39, 0.29) is 18.2 Å². The molecule has 1 aromatic heterocycles. The first-order chi connectivity index (χ1) is 9.10. The van der Waals surface area contributed by atoms with Crippen molar-refractivity contribution in [3.8, 4) is 0 Å². The number of esters is 1. The molecule has 2 unspecified atom stereocenters. The third-order valence-corrected chi connectivity index (χ3v) is 3.51. The van der Waals surface area contributed by atoms with E-state index in [2.05, 4.69) is 4.98 Å². The number of nitrogens with two attached hydrogens (primary N) is 1. The Morgan fingerprint density at radius 3 is 2.89 bits per heavy atom. The van der Waals surface area contributed by atoms with Crippen LogP contribution in [0.25, 0.3) is 0 Å². The topological polar surface area (TPSA) is 74.4 Å². The van der Waals surface area contributed by atoms with E-state index in [0.717, 1.165) is 25.7 Å². The first-order valence-corrected chi connectivity index (χ1v) is 6.56. The van der Waals surface area contributed by atoms with E-state index < -0.39 is 0 Å². The molecular weight excluding hydrogens is 244 g/mol. The van der Waals surface area contributed by atoms with E-state index >= 15 is 0 Å². The van der Waals surface area contributed by atoms with Crippen LogP contribution >= 0.6 is 0 Å². The Morgan fingerprint density at radius 2 is 2.16 bits per heavy atom. The summed E-state index contributed by atoms with van der Waals surface area (Å²) >= 11 is 0. The third-order valence-electron chi connectivity index (χ3n) is 3.51. The highest BCUT2D eigenvalue weighted by molar-refractivity contribution is 5.91. The number of pyridine rings is 1. The van der Waals surface area contributed by atoms with Crippen molar-refractivity contribution in [3.63, 3.8) is 0 Å². The summed E-state index contributed by atoms with van der Waals surface area (Å²) in [5.41, 5.74) is 7.20. The van der Waals surface area contributed by atoms with E-state index in [9.17, 15) is 4.79 Å². The van der Waals surface area contributed by atoms with Crippen molar-refractivity contribution >= 4 is 11.7 Å². The molecule has 0 radical (unpaired) electrons. The highest BCUT2D eigenvalue weighted by Gasteiger charge is 2.25. The number of rotatable bonds is 3. The second-order valence-corrected chi connectivity index (χ2v) is 4.95. The third kappa shape index (κ3) is 3.44. The fourth-order valence-electron chi connectivity index (χ4n) is 2.39. The maximum Gasteiger partial charge on any atom is 0.340 e. The van der Waals surface area contributed by atoms with Gasteiger partial charge in [-0.3, -0.25) is 4.98 Å². The molecule has 0 aliphatic heterocycles. The zero-order valence-corrected chi connectivity index (χ0v) is 11.4. The summed E-state index contributed by atoms with van der Waals surface area (Å²) in [4.78, 5) is 16.2. The van der Waals surface area contributed by atoms with Crippen LogP contribution in [0.1, 0.15) is 41.7 Å². The number of nitrogens with zero attached hydrogens (tertiary/aromatic N) is 1. The van der Waals surface area contributed by atoms with Crippen molar-refractivity contribution in [1.82, 2.24) is 4.98 Å². The van der Waals surface area contributed by atoms with Crippen LogP contribution in [0.2, 0.25) is 0 Å². The average molecular weight is 264 g/mol. The Hall–Kier alpha value is -1.62. The average Bonchev–Trinajstić information content (AvgIpc) is 2.41. The van der Waals surface area contributed by atoms with Crippen molar-refractivity contribution in [1.29, 1.82) is 0 Å². The number of carbonyl (C=O) groups excluding carboxylic acids is 1. The molecule has 2 atom stereocenters. The number of carbonyl (C=O) groups is 1. The Kier molecular flexibility index (Phi) is 4.37. The van der Waals surface area contributed by atoms with Crippen LogP contribution in [-0.4, -0.2) is 30.3 Å². The van der Waals surface area contributed by atoms with Crippen molar-refractivity contribution in [2.75, 3.05) is 12.8 Å². The lowest BCUT2D eigenvalue weighted by molar-refractivity contribution is -0.0150. The second-order valence-electron chi connectivity index (χ2n) is 4.95. The van der Waals surface area contributed by atoms with Crippen molar-refractivity contribution in [3.05, 3.63) is 23.5 Å². The summed E-state index contributed by atoms with van der Waals surface area (Å²) < 4.78 is 10.9. The molecule has 2 rings (SSSR count). The molecule has 0 spiro atoms. The van der Waals surface area contributed by atoms with Crippen molar-refractivity contribution in [2.45, 2.75) is 44.8 Å². The summed E-state index contributed by atoms with van der Waals surface area (Å²) in [5, 5.41) is 0. The maximum absolute atomic E-state index is 12.1. The normalized spacial score (nSPS) is 23.1. The first kappa shape index (κ1) is 13.8. The number of ether oxygens (including phenoxy) is 2. The van der Waals surface area contributed by atoms with Gasteiger partial charge in [-0.1, -0.05) is 0 Å². The van der Waals surface area contributed by atoms with Gasteiger partial charge in [0.05, 0.1) is 29.2 Å². The Bertz CT molecular complexity index is 462. The maximum atomic E-state index is 12.1. The van der Waals surface area contributed by atoms with Gasteiger partial charge < -0.3 is 15.2 Å². The molecule has 5 nitrogen and oxygen atoms in total. The van der Waals surface area contributed by atoms with Crippen LogP contribution in [0.5, 0.6) is 0 Å². The highest BCUT2D eigenvalue weighted by Crippen LogP contribution is 2.24. The summed E-state index contributed by atoms with van der Waals surface area (Å²) in [5.74, 6) is -0.348. The quantitative estimate of drug-likeness (QED) is 0.846. The molecule has 19 heavy (non-hydrogen) atoms. The van der Waals surface area contributed by atoms with Crippen LogP contribution in [0.3, 0.4) is 0 Å². The highest BCUT2D eigenvalue weighted by atomic mass is 16.5. The Morgan fingerprint density at radius 1 is 1.42 bits per heavy atom. The Labute approximate surface area is 113 Å². The monoisotopic (exact) mass is 264 g/mol. The summed E-state index contributed by atoms with van der Waals surface area (Å²) in [6, 6.07) is 1.61. The number of anilines is 1. The fraction of sp³-hybridized carbons (Fsp3) is 0.571. The number of aromatic nitrogens is 1. The molecule has 1 aromatic rings. The van der Waals surface area contributed by atoms with E-state index in [1.165, 1.54) is 6.20 Å². The molecule has 1 saturated carbocycles. The van der Waals surface area contributed by atoms with Gasteiger partial charge in [-0.25, -0.2) is 4.79 Å². The zero-order valence-electron chi connectivity index (χ0n) is 11.4. The molecule has 0 aromatic carbocycles. The molecule has 1 fully saturated rings. The van der Waals surface area contributed by atoms with Crippen LogP contribution in [0, 0.1) is 6.92 Å². The lowest BCUT2D eigenvalue weighted by Gasteiger charge is -2.28. The molecular formula is C14H20N2O3. The second kappa shape index (κ2) is 6.02. The molecule has 1 aliphatic rings. The number of aryl methyl sites for hydroxylation is 1. The zero-order chi connectivity index (χ0) is 13.8. The minimum Gasteiger partial charge on any atom is -0.459 e. The fourth-order valence-corrected chi connectivity index (χ4v) is 2.39. The van der Waals surface area contributed by atoms with Crippen LogP contribution in [0.15, 0.2) is 12.3 Å². The smallest absolute Gasteiger partial charge is 0.340 e. The lowest BCUT2D eigenvalue weighted by Crippen LogP contribution is -2.29. The van der Waals surface area contributed by atoms with E-state index in [1.54, 1.807) is 20.1 Å². The van der Waals surface area contributed by atoms with Gasteiger partial charge >= 0.3 is 5.97 Å². The van der Waals surface area contributed by atoms with Crippen LogP contribution in [-0.2, 0) is 9.47 Å². The Balaban J connectivity index is 2.02. The molecule has 0 amide bonds. The minimum atomic E-state index is -0.348. The lowest BCUT2D eigenvalue weighted by atomic mass is 9.95. The number of hydrogen-bond donors (Lipinski definition) is 1. The van der Waals surface area contributed by atoms with Gasteiger partial charge in [-0.2, -0.15) is 0 Å². The molecule has 1 heterocycles. The van der Waals surface area contributed by atoms with Crippen LogP contribution in [0.4, 0.5) is 5.69 Å². The van der Waals surface area contributed by atoms with Gasteiger partial charge in [-0.05, 0) is 32.3 Å². The number of methoxy groups -OCH3 is 1. The van der Waals surface area contributed by atoms with E-state index in [0.29, 0.717) is 16.9 Å². The molecule has 2 N–H and O–H groups in total. The number of hydrogen-bond acceptors (Lipinski definition) is 5. The molecule has 5 heteroatoms. The minimum absolute atomic E-state index is 0.0768. The van der Waals surface area contributed by atoms with Gasteiger partial charge in [-0.15, -0.1) is 0 Å². The van der Waals surface area contributed by atoms with Gasteiger partial charge in [0.15, 0.2) is 0 Å². The van der Waals surface area contributed by atoms with E-state index in [1.807, 2.05) is 0 Å². The SMILES string of the molecule is COC1CCCC(OC(=O)c2cc(N)cnc2C)C1. The predicted molar refractivity (Wildman–Crippen MR) is 71.9 cm³/mol. The molecule has 0 bridgehead atoms. The van der Waals surface area contributed by atoms with Crippen molar-refractivity contribution in [2.24, 2.45) is 0 Å². The molecule has 104 valence electrons. The summed E-state index contributed by atoms with van der Waals surface area (Å²) in [6.07, 6.45) is 5.35. The van der Waals surface area contributed by atoms with Gasteiger partial charge in [0, 0.05) is 13.5 Å². The van der Waals surface area contributed by atoms with Gasteiger partial charge in [0.1, 0.15) is 6.10 Å². The van der Waals surface area contributed by atoms with Gasteiger partial charge in [0.25, 0.3) is 0 Å². The first-order valence-electron chi connectivity index (χ1n) is 6.56. The standard InChI is InChI=1S/C14H20N2O3/c1-9-13(6-10(15)8-16-9)14(17)19-12-5-3-4-11(7-12)18-2/h6,8,11-12H,3-5,7,15H2,1-2H3. The number of nitrogen functional groups attached to an aromatic ring is 1.